The van der Waals surface area contributed by atoms with Crippen molar-refractivity contribution in [3.8, 4) is 11.5 Å². The Morgan fingerprint density at radius 2 is 1.96 bits per heavy atom. The average Bonchev–Trinajstić information content (AvgIpc) is 3.03. The van der Waals surface area contributed by atoms with Crippen LogP contribution in [-0.2, 0) is 0 Å². The molecule has 0 fully saturated rings. The first-order chi connectivity index (χ1) is 11.6. The van der Waals surface area contributed by atoms with Crippen LogP contribution in [0.5, 0.6) is 11.5 Å². The number of hydrogen-bond donors (Lipinski definition) is 2. The number of nitrogens with one attached hydrogen (secondary N) is 2. The molecule has 3 rings (SSSR count). The highest BCUT2D eigenvalue weighted by molar-refractivity contribution is 7.22. The second-order valence-corrected chi connectivity index (χ2v) is 5.79. The second kappa shape index (κ2) is 6.71. The van der Waals surface area contributed by atoms with Crippen LogP contribution < -0.4 is 20.3 Å². The minimum absolute atomic E-state index is 0.269. The molecular formula is C16H14FN3O3S. The molecule has 124 valence electrons. The number of nitrogens with zero attached hydrogens (tertiary/aromatic N) is 1. The van der Waals surface area contributed by atoms with Crippen molar-refractivity contribution in [3.05, 3.63) is 47.8 Å². The molecule has 0 spiro atoms. The zero-order chi connectivity index (χ0) is 17.1. The number of carbonyl (C=O) groups is 1. The summed E-state index contributed by atoms with van der Waals surface area (Å²) in [5.74, 6) is 0.203. The van der Waals surface area contributed by atoms with E-state index in [1.165, 1.54) is 31.6 Å². The molecule has 0 saturated carbocycles. The molecule has 24 heavy (non-hydrogen) atoms. The van der Waals surface area contributed by atoms with Crippen LogP contribution in [0.3, 0.4) is 0 Å². The minimum atomic E-state index is -0.400. The lowest BCUT2D eigenvalue weighted by molar-refractivity contribution is 0.0962. The summed E-state index contributed by atoms with van der Waals surface area (Å²) in [5, 5.41) is 0.393. The van der Waals surface area contributed by atoms with Crippen LogP contribution in [0.25, 0.3) is 10.2 Å². The fourth-order valence-electron chi connectivity index (χ4n) is 2.13. The monoisotopic (exact) mass is 347 g/mol. The highest BCUT2D eigenvalue weighted by atomic mass is 32.1. The molecule has 8 heteroatoms. The molecule has 0 unspecified atom stereocenters. The number of methoxy groups -OCH3 is 2. The lowest BCUT2D eigenvalue weighted by Crippen LogP contribution is -2.29. The van der Waals surface area contributed by atoms with Crippen LogP contribution in [0.1, 0.15) is 10.4 Å². The summed E-state index contributed by atoms with van der Waals surface area (Å²) in [6, 6.07) is 9.53. The van der Waals surface area contributed by atoms with Gasteiger partial charge in [0.15, 0.2) is 11.5 Å². The predicted octanol–water partition coefficient (Wildman–Crippen LogP) is 3.21. The first kappa shape index (κ1) is 16.0. The fraction of sp³-hybridized carbons (Fsp3) is 0.125. The molecular weight excluding hydrogens is 333 g/mol. The lowest BCUT2D eigenvalue weighted by atomic mass is 10.2. The molecule has 0 radical (unpaired) electrons. The molecule has 0 aliphatic rings. The first-order valence-electron chi connectivity index (χ1n) is 6.96. The Bertz CT molecular complexity index is 897. The number of hydrogen-bond acceptors (Lipinski definition) is 6. The van der Waals surface area contributed by atoms with E-state index in [9.17, 15) is 9.18 Å². The summed E-state index contributed by atoms with van der Waals surface area (Å²) in [6.07, 6.45) is 0. The van der Waals surface area contributed by atoms with Crippen LogP contribution in [0.4, 0.5) is 9.52 Å². The Morgan fingerprint density at radius 3 is 2.67 bits per heavy atom. The van der Waals surface area contributed by atoms with E-state index >= 15 is 0 Å². The van der Waals surface area contributed by atoms with Gasteiger partial charge < -0.3 is 9.47 Å². The summed E-state index contributed by atoms with van der Waals surface area (Å²) >= 11 is 1.24. The van der Waals surface area contributed by atoms with Gasteiger partial charge in [-0.3, -0.25) is 15.6 Å². The van der Waals surface area contributed by atoms with E-state index in [1.807, 2.05) is 0 Å². The van der Waals surface area contributed by atoms with E-state index in [0.717, 1.165) is 0 Å². The fourth-order valence-corrected chi connectivity index (χ4v) is 2.96. The topological polar surface area (TPSA) is 72.5 Å². The minimum Gasteiger partial charge on any atom is -0.493 e. The van der Waals surface area contributed by atoms with Crippen molar-refractivity contribution in [2.24, 2.45) is 0 Å². The standard InChI is InChI=1S/C16H14FN3O3S/c1-22-11-7-6-9(8-12(11)23-2)15(21)19-20-16-18-14-10(17)4-3-5-13(14)24-16/h3-8H,1-2H3,(H,18,20)(H,19,21). The Morgan fingerprint density at radius 1 is 1.17 bits per heavy atom. The molecule has 2 N–H and O–H groups in total. The number of carbonyl (C=O) groups excluding carboxylic acids is 1. The van der Waals surface area contributed by atoms with Gasteiger partial charge in [0.1, 0.15) is 11.3 Å². The normalized spacial score (nSPS) is 10.5. The van der Waals surface area contributed by atoms with Gasteiger partial charge in [0.05, 0.1) is 18.9 Å². The number of halogens is 1. The van der Waals surface area contributed by atoms with E-state index in [0.29, 0.717) is 26.9 Å². The van der Waals surface area contributed by atoms with E-state index in [4.69, 9.17) is 9.47 Å². The van der Waals surface area contributed by atoms with E-state index in [2.05, 4.69) is 15.8 Å². The smallest absolute Gasteiger partial charge is 0.269 e. The van der Waals surface area contributed by atoms with Crippen molar-refractivity contribution in [3.63, 3.8) is 0 Å². The number of ether oxygens (including phenoxy) is 2. The number of benzene rings is 2. The summed E-state index contributed by atoms with van der Waals surface area (Å²) in [7, 11) is 3.01. The van der Waals surface area contributed by atoms with Gasteiger partial charge >= 0.3 is 0 Å². The Balaban J connectivity index is 1.73. The summed E-state index contributed by atoms with van der Waals surface area (Å²) in [4.78, 5) is 16.3. The third-order valence-corrected chi connectivity index (χ3v) is 4.23. The van der Waals surface area contributed by atoms with E-state index < -0.39 is 5.82 Å². The average molecular weight is 347 g/mol. The molecule has 1 heterocycles. The molecule has 0 aliphatic heterocycles. The largest absolute Gasteiger partial charge is 0.493 e. The molecule has 1 aromatic heterocycles. The van der Waals surface area contributed by atoms with Gasteiger partial charge in [-0.2, -0.15) is 0 Å². The SMILES string of the molecule is COc1ccc(C(=O)NNc2nc3c(F)cccc3s2)cc1OC. The van der Waals surface area contributed by atoms with Crippen LogP contribution in [0.15, 0.2) is 36.4 Å². The molecule has 2 aromatic carbocycles. The van der Waals surface area contributed by atoms with Gasteiger partial charge in [-0.05, 0) is 30.3 Å². The van der Waals surface area contributed by atoms with Gasteiger partial charge in [0.25, 0.3) is 5.91 Å². The van der Waals surface area contributed by atoms with Gasteiger partial charge in [0.2, 0.25) is 5.13 Å². The van der Waals surface area contributed by atoms with Crippen LogP contribution >= 0.6 is 11.3 Å². The highest BCUT2D eigenvalue weighted by Gasteiger charge is 2.12. The van der Waals surface area contributed by atoms with E-state index in [1.54, 1.807) is 30.3 Å². The number of thiazole rings is 1. The number of amides is 1. The number of aromatic nitrogens is 1. The van der Waals surface area contributed by atoms with Crippen LogP contribution in [-0.4, -0.2) is 25.1 Å². The third-order valence-electron chi connectivity index (χ3n) is 3.30. The van der Waals surface area contributed by atoms with Crippen LogP contribution in [0, 0.1) is 5.82 Å². The molecule has 1 amide bonds. The second-order valence-electron chi connectivity index (χ2n) is 4.75. The molecule has 0 bridgehead atoms. The van der Waals surface area contributed by atoms with Crippen molar-refractivity contribution >= 4 is 32.6 Å². The maximum atomic E-state index is 13.6. The maximum absolute atomic E-state index is 13.6. The first-order valence-corrected chi connectivity index (χ1v) is 7.77. The Kier molecular flexibility index (Phi) is 4.48. The number of para-hydroxylation sites is 1. The molecule has 3 aromatic rings. The quantitative estimate of drug-likeness (QED) is 0.694. The third kappa shape index (κ3) is 3.09. The van der Waals surface area contributed by atoms with Gasteiger partial charge in [-0.15, -0.1) is 0 Å². The lowest BCUT2D eigenvalue weighted by Gasteiger charge is -2.10. The van der Waals surface area contributed by atoms with E-state index in [-0.39, 0.29) is 11.4 Å². The molecule has 6 nitrogen and oxygen atoms in total. The molecule has 0 aliphatic carbocycles. The maximum Gasteiger partial charge on any atom is 0.269 e. The number of rotatable bonds is 5. The van der Waals surface area contributed by atoms with Crippen molar-refractivity contribution in [1.82, 2.24) is 10.4 Å². The number of anilines is 1. The van der Waals surface area contributed by atoms with Crippen molar-refractivity contribution < 1.29 is 18.7 Å². The number of hydrazine groups is 1. The summed E-state index contributed by atoms with van der Waals surface area (Å²) in [5.41, 5.74) is 5.87. The molecule has 0 saturated heterocycles. The zero-order valence-electron chi connectivity index (χ0n) is 12.9. The zero-order valence-corrected chi connectivity index (χ0v) is 13.7. The van der Waals surface area contributed by atoms with Gasteiger partial charge in [-0.1, -0.05) is 17.4 Å². The van der Waals surface area contributed by atoms with Crippen molar-refractivity contribution in [2.45, 2.75) is 0 Å². The highest BCUT2D eigenvalue weighted by Crippen LogP contribution is 2.28. The summed E-state index contributed by atoms with van der Waals surface area (Å²) in [6.45, 7) is 0. The summed E-state index contributed by atoms with van der Waals surface area (Å²) < 4.78 is 24.6. The molecule has 0 atom stereocenters. The Hall–Kier alpha value is -2.87. The van der Waals surface area contributed by atoms with Crippen LogP contribution in [0.2, 0.25) is 0 Å². The van der Waals surface area contributed by atoms with Crippen molar-refractivity contribution in [2.75, 3.05) is 19.6 Å². The van der Waals surface area contributed by atoms with Gasteiger partial charge in [0, 0.05) is 5.56 Å². The van der Waals surface area contributed by atoms with Crippen molar-refractivity contribution in [1.29, 1.82) is 0 Å². The Labute approximate surface area is 141 Å². The number of fused-ring (bicyclic) bond motifs is 1. The predicted molar refractivity (Wildman–Crippen MR) is 90.2 cm³/mol. The van der Waals surface area contributed by atoms with Gasteiger partial charge in [-0.25, -0.2) is 9.37 Å².